The zero-order chi connectivity index (χ0) is 22.5. The van der Waals surface area contributed by atoms with Gasteiger partial charge in [-0.15, -0.1) is 0 Å². The molecule has 0 heterocycles. The molecule has 1 saturated carbocycles. The van der Waals surface area contributed by atoms with Gasteiger partial charge in [0.1, 0.15) is 5.84 Å². The highest BCUT2D eigenvalue weighted by Gasteiger charge is 2.25. The van der Waals surface area contributed by atoms with Crippen LogP contribution in [-0.4, -0.2) is 36.8 Å². The number of nitrogens with two attached hydrogens (primary N) is 1. The molecule has 2 atom stereocenters. The van der Waals surface area contributed by atoms with Crippen LogP contribution in [0, 0.1) is 5.92 Å². The number of aliphatic imine (C=N–C) groups is 1. The van der Waals surface area contributed by atoms with Crippen LogP contribution in [0.2, 0.25) is 0 Å². The van der Waals surface area contributed by atoms with Gasteiger partial charge in [0.25, 0.3) is 0 Å². The number of nitrogens with zero attached hydrogens (tertiary/aromatic N) is 1. The van der Waals surface area contributed by atoms with E-state index in [1.165, 1.54) is 0 Å². The minimum Gasteiger partial charge on any atom is -0.402 e. The summed E-state index contributed by atoms with van der Waals surface area (Å²) >= 11 is 0. The molecule has 168 valence electrons. The van der Waals surface area contributed by atoms with Crippen molar-refractivity contribution in [1.29, 1.82) is 0 Å². The molecule has 7 heteroatoms. The lowest BCUT2D eigenvalue weighted by atomic mass is 10.0. The number of amidine groups is 1. The van der Waals surface area contributed by atoms with Gasteiger partial charge in [0.05, 0.1) is 22.3 Å². The van der Waals surface area contributed by atoms with Crippen molar-refractivity contribution in [2.45, 2.75) is 83.3 Å². The highest BCUT2D eigenvalue weighted by atomic mass is 32.2. The number of nitrogens with one attached hydrogen (secondary N) is 1. The van der Waals surface area contributed by atoms with Crippen molar-refractivity contribution >= 4 is 21.4 Å². The smallest absolute Gasteiger partial charge is 0.178 e. The highest BCUT2D eigenvalue weighted by molar-refractivity contribution is 7.91. The fourth-order valence-electron chi connectivity index (χ4n) is 3.76. The monoisotopic (exact) mass is 435 g/mol. The first-order valence-corrected chi connectivity index (χ1v) is 12.5. The first-order chi connectivity index (χ1) is 13.9. The molecule has 1 aromatic carbocycles. The van der Waals surface area contributed by atoms with E-state index in [4.69, 9.17) is 10.7 Å². The van der Waals surface area contributed by atoms with E-state index in [0.717, 1.165) is 24.1 Å². The lowest BCUT2D eigenvalue weighted by Crippen LogP contribution is -2.21. The molecule has 6 nitrogen and oxygen atoms in total. The summed E-state index contributed by atoms with van der Waals surface area (Å²) in [7, 11) is -3.28. The van der Waals surface area contributed by atoms with Crippen molar-refractivity contribution < 1.29 is 13.5 Å². The number of hydrogen-bond donors (Lipinski definition) is 3. The van der Waals surface area contributed by atoms with Crippen LogP contribution in [-0.2, 0) is 16.3 Å². The minimum atomic E-state index is -3.28. The second-order valence-corrected chi connectivity index (χ2v) is 11.2. The van der Waals surface area contributed by atoms with E-state index in [-0.39, 0.29) is 23.3 Å². The van der Waals surface area contributed by atoms with Gasteiger partial charge in [-0.3, -0.25) is 4.99 Å². The summed E-state index contributed by atoms with van der Waals surface area (Å²) in [6.45, 7) is 9.85. The Morgan fingerprint density at radius 2 is 2.00 bits per heavy atom. The SMILES string of the molecule is CCCS(=O)(=O)c1ccc(NC(/C=C(\N)[C@H]2CC[C@@H](O)C2)=NC(C)(C)C)cc1CC. The molecule has 1 aliphatic carbocycles. The Morgan fingerprint density at radius 1 is 1.30 bits per heavy atom. The van der Waals surface area contributed by atoms with Gasteiger partial charge in [0, 0.05) is 17.3 Å². The van der Waals surface area contributed by atoms with E-state index in [1.54, 1.807) is 12.1 Å². The average molecular weight is 436 g/mol. The number of aliphatic hydroxyl groups is 1. The fraction of sp³-hybridized carbons (Fsp3) is 0.609. The van der Waals surface area contributed by atoms with E-state index in [9.17, 15) is 13.5 Å². The molecule has 0 aliphatic heterocycles. The van der Waals surface area contributed by atoms with Crippen molar-refractivity contribution in [3.8, 4) is 0 Å². The molecule has 0 unspecified atom stereocenters. The third kappa shape index (κ3) is 6.84. The quantitative estimate of drug-likeness (QED) is 0.443. The molecule has 1 aromatic rings. The van der Waals surface area contributed by atoms with Gasteiger partial charge >= 0.3 is 0 Å². The second kappa shape index (κ2) is 9.96. The number of sulfone groups is 1. The average Bonchev–Trinajstić information content (AvgIpc) is 3.06. The maximum atomic E-state index is 12.6. The molecular weight excluding hydrogens is 398 g/mol. The summed E-state index contributed by atoms with van der Waals surface area (Å²) < 4.78 is 25.1. The summed E-state index contributed by atoms with van der Waals surface area (Å²) in [5.74, 6) is 0.933. The van der Waals surface area contributed by atoms with E-state index in [0.29, 0.717) is 35.7 Å². The van der Waals surface area contributed by atoms with E-state index in [1.807, 2.05) is 46.8 Å². The van der Waals surface area contributed by atoms with E-state index in [2.05, 4.69) is 5.32 Å². The largest absolute Gasteiger partial charge is 0.402 e. The maximum absolute atomic E-state index is 12.6. The third-order valence-corrected chi connectivity index (χ3v) is 7.17. The van der Waals surface area contributed by atoms with Crippen LogP contribution in [0.5, 0.6) is 0 Å². The molecule has 1 aliphatic rings. The lowest BCUT2D eigenvalue weighted by molar-refractivity contribution is 0.179. The predicted molar refractivity (Wildman–Crippen MR) is 125 cm³/mol. The Hall–Kier alpha value is -1.86. The van der Waals surface area contributed by atoms with Gasteiger partial charge in [-0.1, -0.05) is 13.8 Å². The molecule has 0 bridgehead atoms. The van der Waals surface area contributed by atoms with Gasteiger partial charge in [-0.05, 0) is 82.7 Å². The maximum Gasteiger partial charge on any atom is 0.178 e. The van der Waals surface area contributed by atoms with Crippen LogP contribution >= 0.6 is 0 Å². The molecular formula is C23H37N3O3S. The van der Waals surface area contributed by atoms with Gasteiger partial charge in [0.2, 0.25) is 0 Å². The van der Waals surface area contributed by atoms with Crippen LogP contribution in [0.25, 0.3) is 0 Å². The predicted octanol–water partition coefficient (Wildman–Crippen LogP) is 4.05. The molecule has 2 rings (SSSR count). The van der Waals surface area contributed by atoms with E-state index < -0.39 is 9.84 Å². The van der Waals surface area contributed by atoms with Crippen molar-refractivity contribution in [3.05, 3.63) is 35.5 Å². The first kappa shape index (κ1) is 24.4. The number of anilines is 1. The number of benzene rings is 1. The zero-order valence-electron chi connectivity index (χ0n) is 18.9. The molecule has 30 heavy (non-hydrogen) atoms. The number of allylic oxidation sites excluding steroid dienone is 1. The fourth-order valence-corrected chi connectivity index (χ4v) is 5.39. The Labute approximate surface area is 181 Å². The van der Waals surface area contributed by atoms with Crippen LogP contribution in [0.4, 0.5) is 5.69 Å². The Bertz CT molecular complexity index is 899. The summed E-state index contributed by atoms with van der Waals surface area (Å²) in [5, 5.41) is 13.1. The molecule has 4 N–H and O–H groups in total. The van der Waals surface area contributed by atoms with Crippen molar-refractivity contribution in [2.75, 3.05) is 11.1 Å². The summed E-state index contributed by atoms with van der Waals surface area (Å²) in [5.41, 5.74) is 8.30. The van der Waals surface area contributed by atoms with Crippen molar-refractivity contribution in [2.24, 2.45) is 16.6 Å². The van der Waals surface area contributed by atoms with Gasteiger partial charge in [0.15, 0.2) is 9.84 Å². The van der Waals surface area contributed by atoms with Gasteiger partial charge < -0.3 is 16.2 Å². The van der Waals surface area contributed by atoms with Crippen molar-refractivity contribution in [3.63, 3.8) is 0 Å². The molecule has 0 spiro atoms. The standard InChI is InChI=1S/C23H37N3O3S/c1-6-12-30(28,29)21-11-9-18(13-16(21)7-2)25-22(26-23(3,4)5)15-20(24)17-8-10-19(27)14-17/h9,11,13,15,17,19,27H,6-8,10,12,14,24H2,1-5H3,(H,25,26)/b20-15-/t17-,19+/m0/s1. The van der Waals surface area contributed by atoms with Crippen LogP contribution < -0.4 is 11.1 Å². The number of hydrogen-bond acceptors (Lipinski definition) is 5. The lowest BCUT2D eigenvalue weighted by Gasteiger charge is -2.18. The normalized spacial score (nSPS) is 21.1. The van der Waals surface area contributed by atoms with Crippen LogP contribution in [0.3, 0.4) is 0 Å². The van der Waals surface area contributed by atoms with Gasteiger partial charge in [-0.2, -0.15) is 0 Å². The van der Waals surface area contributed by atoms with Crippen LogP contribution in [0.1, 0.15) is 65.9 Å². The first-order valence-electron chi connectivity index (χ1n) is 10.8. The van der Waals surface area contributed by atoms with Crippen molar-refractivity contribution in [1.82, 2.24) is 0 Å². The Balaban J connectivity index is 2.35. The second-order valence-electron chi connectivity index (χ2n) is 9.10. The van der Waals surface area contributed by atoms with E-state index >= 15 is 0 Å². The number of aryl methyl sites for hydroxylation is 1. The topological polar surface area (TPSA) is 105 Å². The molecule has 0 saturated heterocycles. The zero-order valence-corrected chi connectivity index (χ0v) is 19.7. The number of aliphatic hydroxyl groups excluding tert-OH is 1. The highest BCUT2D eigenvalue weighted by Crippen LogP contribution is 2.29. The summed E-state index contributed by atoms with van der Waals surface area (Å²) in [6, 6.07) is 5.34. The minimum absolute atomic E-state index is 0.149. The van der Waals surface area contributed by atoms with Crippen LogP contribution in [0.15, 0.2) is 39.9 Å². The summed E-state index contributed by atoms with van der Waals surface area (Å²) in [6.07, 6.45) is 5.09. The molecule has 1 fully saturated rings. The Kier molecular flexibility index (Phi) is 8.11. The third-order valence-electron chi connectivity index (χ3n) is 5.16. The molecule has 0 amide bonds. The molecule has 0 aromatic heterocycles. The number of rotatable bonds is 7. The summed E-state index contributed by atoms with van der Waals surface area (Å²) in [4.78, 5) is 5.16. The molecule has 0 radical (unpaired) electrons. The Morgan fingerprint density at radius 3 is 2.53 bits per heavy atom. The van der Waals surface area contributed by atoms with Gasteiger partial charge in [-0.25, -0.2) is 8.42 Å².